The first-order valence-corrected chi connectivity index (χ1v) is 9.83. The summed E-state index contributed by atoms with van der Waals surface area (Å²) in [7, 11) is 1.51. The van der Waals surface area contributed by atoms with E-state index in [4.69, 9.17) is 16.3 Å². The third-order valence-corrected chi connectivity index (χ3v) is 5.23. The molecular formula is C24H18ClFN2O3. The first kappa shape index (κ1) is 20.6. The quantitative estimate of drug-likeness (QED) is 0.559. The van der Waals surface area contributed by atoms with Gasteiger partial charge in [0.2, 0.25) is 0 Å². The predicted molar refractivity (Wildman–Crippen MR) is 119 cm³/mol. The number of halogens is 2. The van der Waals surface area contributed by atoms with Crippen molar-refractivity contribution in [3.05, 3.63) is 94.4 Å². The molecule has 0 atom stereocenters. The Labute approximate surface area is 183 Å². The molecule has 0 saturated heterocycles. The number of hydrogen-bond donors (Lipinski definition) is 1. The molecule has 1 aliphatic rings. The largest absolute Gasteiger partial charge is 0.495 e. The monoisotopic (exact) mass is 436 g/mol. The average molecular weight is 437 g/mol. The molecule has 0 aliphatic carbocycles. The van der Waals surface area contributed by atoms with Gasteiger partial charge in [0.05, 0.1) is 24.1 Å². The SMILES string of the molecule is COc1ccccc1NC1=C(c2ccc(F)cc2)C(=O)N(c2cc(Cl)ccc2C)C1=O. The molecular weight excluding hydrogens is 419 g/mol. The number of imide groups is 1. The number of methoxy groups -OCH3 is 1. The zero-order valence-electron chi connectivity index (χ0n) is 16.8. The molecule has 0 bridgehead atoms. The van der Waals surface area contributed by atoms with E-state index in [1.165, 1.54) is 31.4 Å². The highest BCUT2D eigenvalue weighted by atomic mass is 35.5. The van der Waals surface area contributed by atoms with E-state index in [1.807, 2.05) is 0 Å². The zero-order valence-corrected chi connectivity index (χ0v) is 17.5. The molecule has 1 N–H and O–H groups in total. The van der Waals surface area contributed by atoms with Gasteiger partial charge >= 0.3 is 0 Å². The summed E-state index contributed by atoms with van der Waals surface area (Å²) >= 11 is 6.13. The molecule has 0 saturated carbocycles. The number of rotatable bonds is 5. The average Bonchev–Trinajstić information content (AvgIpc) is 3.00. The highest BCUT2D eigenvalue weighted by Crippen LogP contribution is 2.37. The van der Waals surface area contributed by atoms with Crippen LogP contribution in [0.15, 0.2) is 72.4 Å². The van der Waals surface area contributed by atoms with Crippen molar-refractivity contribution in [1.29, 1.82) is 0 Å². The van der Waals surface area contributed by atoms with E-state index in [2.05, 4.69) is 5.32 Å². The minimum Gasteiger partial charge on any atom is -0.495 e. The zero-order chi connectivity index (χ0) is 22.1. The first-order chi connectivity index (χ1) is 14.9. The second-order valence-corrected chi connectivity index (χ2v) is 7.40. The minimum atomic E-state index is -0.541. The molecule has 1 aliphatic heterocycles. The molecule has 0 aromatic heterocycles. The molecule has 5 nitrogen and oxygen atoms in total. The Balaban J connectivity index is 1.87. The second kappa shape index (κ2) is 8.24. The molecule has 3 aromatic rings. The van der Waals surface area contributed by atoms with Gasteiger partial charge < -0.3 is 10.1 Å². The Morgan fingerprint density at radius 1 is 0.968 bits per heavy atom. The van der Waals surface area contributed by atoms with Gasteiger partial charge in [-0.3, -0.25) is 9.59 Å². The van der Waals surface area contributed by atoms with Crippen LogP contribution in [0.2, 0.25) is 5.02 Å². The van der Waals surface area contributed by atoms with Gasteiger partial charge in [-0.1, -0.05) is 41.9 Å². The van der Waals surface area contributed by atoms with Gasteiger partial charge in [0, 0.05) is 5.02 Å². The van der Waals surface area contributed by atoms with E-state index < -0.39 is 17.6 Å². The van der Waals surface area contributed by atoms with Crippen molar-refractivity contribution in [2.75, 3.05) is 17.3 Å². The maximum Gasteiger partial charge on any atom is 0.282 e. The van der Waals surface area contributed by atoms with Crippen molar-refractivity contribution in [1.82, 2.24) is 0 Å². The van der Waals surface area contributed by atoms with Crippen molar-refractivity contribution in [3.63, 3.8) is 0 Å². The van der Waals surface area contributed by atoms with Crippen molar-refractivity contribution < 1.29 is 18.7 Å². The highest BCUT2D eigenvalue weighted by molar-refractivity contribution is 6.46. The lowest BCUT2D eigenvalue weighted by atomic mass is 10.0. The number of aryl methyl sites for hydroxylation is 1. The number of ether oxygens (including phenoxy) is 1. The van der Waals surface area contributed by atoms with Crippen LogP contribution >= 0.6 is 11.6 Å². The number of hydrogen-bond acceptors (Lipinski definition) is 4. The third kappa shape index (κ3) is 3.78. The molecule has 31 heavy (non-hydrogen) atoms. The van der Waals surface area contributed by atoms with Gasteiger partial charge in [-0.25, -0.2) is 9.29 Å². The van der Waals surface area contributed by atoms with Gasteiger partial charge in [-0.05, 0) is 54.4 Å². The minimum absolute atomic E-state index is 0.0699. The summed E-state index contributed by atoms with van der Waals surface area (Å²) in [4.78, 5) is 28.0. The Morgan fingerprint density at radius 2 is 1.68 bits per heavy atom. The number of para-hydroxylation sites is 2. The van der Waals surface area contributed by atoms with Crippen LogP contribution in [-0.2, 0) is 9.59 Å². The van der Waals surface area contributed by atoms with Crippen LogP contribution in [0.25, 0.3) is 5.57 Å². The van der Waals surface area contributed by atoms with E-state index in [-0.39, 0.29) is 11.3 Å². The topological polar surface area (TPSA) is 58.6 Å². The predicted octanol–water partition coefficient (Wildman–Crippen LogP) is 5.19. The van der Waals surface area contributed by atoms with E-state index in [0.717, 1.165) is 4.90 Å². The molecule has 0 unspecified atom stereocenters. The van der Waals surface area contributed by atoms with Crippen molar-refractivity contribution >= 4 is 40.4 Å². The lowest BCUT2D eigenvalue weighted by Gasteiger charge is -2.18. The fraction of sp³-hybridized carbons (Fsp3) is 0.0833. The molecule has 7 heteroatoms. The van der Waals surface area contributed by atoms with Gasteiger partial charge in [0.25, 0.3) is 11.8 Å². The molecule has 4 rings (SSSR count). The Kier molecular flexibility index (Phi) is 5.48. The first-order valence-electron chi connectivity index (χ1n) is 9.46. The summed E-state index contributed by atoms with van der Waals surface area (Å²) < 4.78 is 18.9. The van der Waals surface area contributed by atoms with Crippen LogP contribution in [0, 0.1) is 12.7 Å². The summed E-state index contributed by atoms with van der Waals surface area (Å²) in [6.07, 6.45) is 0. The molecule has 3 aromatic carbocycles. The second-order valence-electron chi connectivity index (χ2n) is 6.96. The maximum absolute atomic E-state index is 13.5. The number of amides is 2. The molecule has 0 spiro atoms. The van der Waals surface area contributed by atoms with E-state index in [1.54, 1.807) is 49.4 Å². The van der Waals surface area contributed by atoms with Gasteiger partial charge in [0.15, 0.2) is 0 Å². The van der Waals surface area contributed by atoms with Crippen molar-refractivity contribution in [3.8, 4) is 5.75 Å². The number of benzene rings is 3. The molecule has 0 radical (unpaired) electrons. The van der Waals surface area contributed by atoms with E-state index in [0.29, 0.717) is 33.3 Å². The Morgan fingerprint density at radius 3 is 2.39 bits per heavy atom. The fourth-order valence-electron chi connectivity index (χ4n) is 3.45. The maximum atomic E-state index is 13.5. The Bertz CT molecular complexity index is 1220. The molecule has 156 valence electrons. The lowest BCUT2D eigenvalue weighted by Crippen LogP contribution is -2.33. The lowest BCUT2D eigenvalue weighted by molar-refractivity contribution is -0.120. The standard InChI is InChI=1S/C24H18ClFN2O3/c1-14-7-10-16(25)13-19(14)28-23(29)21(15-8-11-17(26)12-9-15)22(24(28)30)27-18-5-3-4-6-20(18)31-2/h3-13,27H,1-2H3. The third-order valence-electron chi connectivity index (χ3n) is 5.00. The normalized spacial score (nSPS) is 13.7. The molecule has 0 fully saturated rings. The van der Waals surface area contributed by atoms with E-state index in [9.17, 15) is 14.0 Å². The van der Waals surface area contributed by atoms with Crippen LogP contribution in [0.1, 0.15) is 11.1 Å². The summed E-state index contributed by atoms with van der Waals surface area (Å²) in [6, 6.07) is 17.5. The number of anilines is 2. The number of nitrogens with zero attached hydrogens (tertiary/aromatic N) is 1. The number of carbonyl (C=O) groups excluding carboxylic acids is 2. The van der Waals surface area contributed by atoms with Crippen molar-refractivity contribution in [2.24, 2.45) is 0 Å². The Hall–Kier alpha value is -3.64. The number of nitrogens with one attached hydrogen (secondary N) is 1. The molecule has 2 amide bonds. The van der Waals surface area contributed by atoms with Crippen LogP contribution in [0.3, 0.4) is 0 Å². The summed E-state index contributed by atoms with van der Waals surface area (Å²) in [5.74, 6) is -1.01. The summed E-state index contributed by atoms with van der Waals surface area (Å²) in [5, 5.41) is 3.45. The smallest absolute Gasteiger partial charge is 0.282 e. The van der Waals surface area contributed by atoms with Crippen LogP contribution in [0.4, 0.5) is 15.8 Å². The summed E-state index contributed by atoms with van der Waals surface area (Å²) in [6.45, 7) is 1.79. The summed E-state index contributed by atoms with van der Waals surface area (Å²) in [5.41, 5.74) is 2.24. The molecule has 1 heterocycles. The highest BCUT2D eigenvalue weighted by Gasteiger charge is 2.41. The van der Waals surface area contributed by atoms with Gasteiger partial charge in [-0.15, -0.1) is 0 Å². The van der Waals surface area contributed by atoms with Crippen LogP contribution < -0.4 is 15.0 Å². The van der Waals surface area contributed by atoms with E-state index >= 15 is 0 Å². The fourth-order valence-corrected chi connectivity index (χ4v) is 3.62. The van der Waals surface area contributed by atoms with Crippen LogP contribution in [0.5, 0.6) is 5.75 Å². The van der Waals surface area contributed by atoms with Crippen molar-refractivity contribution in [2.45, 2.75) is 6.92 Å². The van der Waals surface area contributed by atoms with Gasteiger partial charge in [0.1, 0.15) is 17.3 Å². The van der Waals surface area contributed by atoms with Gasteiger partial charge in [-0.2, -0.15) is 0 Å². The number of carbonyl (C=O) groups is 2. The van der Waals surface area contributed by atoms with Crippen LogP contribution in [-0.4, -0.2) is 18.9 Å².